The van der Waals surface area contributed by atoms with Gasteiger partial charge in [0.1, 0.15) is 0 Å². The number of hydrogen-bond donors (Lipinski definition) is 2. The van der Waals surface area contributed by atoms with E-state index in [-0.39, 0.29) is 28.8 Å². The Morgan fingerprint density at radius 1 is 1.40 bits per heavy atom. The van der Waals surface area contributed by atoms with Crippen LogP contribution in [0.4, 0.5) is 0 Å². The molecule has 0 aromatic carbocycles. The van der Waals surface area contributed by atoms with E-state index in [0.29, 0.717) is 5.92 Å². The number of rotatable bonds is 3. The maximum absolute atomic E-state index is 12.4. The van der Waals surface area contributed by atoms with Crippen LogP contribution in [0.5, 0.6) is 0 Å². The maximum atomic E-state index is 12.4. The molecular formula is C17H28N2O. The first-order chi connectivity index (χ1) is 9.47. The van der Waals surface area contributed by atoms with Crippen LogP contribution in [0.25, 0.3) is 0 Å². The molecule has 3 fully saturated rings. The van der Waals surface area contributed by atoms with Gasteiger partial charge in [-0.15, -0.1) is 0 Å². The second-order valence-corrected chi connectivity index (χ2v) is 7.38. The zero-order chi connectivity index (χ0) is 14.5. The van der Waals surface area contributed by atoms with Crippen molar-refractivity contribution in [2.24, 2.45) is 23.0 Å². The van der Waals surface area contributed by atoms with Crippen molar-refractivity contribution in [1.82, 2.24) is 5.32 Å². The average Bonchev–Trinajstić information content (AvgIpc) is 2.62. The Morgan fingerprint density at radius 2 is 2.05 bits per heavy atom. The Balaban J connectivity index is 1.92. The molecule has 3 rings (SSSR count). The Morgan fingerprint density at radius 3 is 2.60 bits per heavy atom. The second kappa shape index (κ2) is 4.59. The van der Waals surface area contributed by atoms with Crippen LogP contribution >= 0.6 is 0 Å². The summed E-state index contributed by atoms with van der Waals surface area (Å²) in [5.41, 5.74) is 7.52. The molecule has 1 amide bonds. The highest BCUT2D eigenvalue weighted by atomic mass is 16.2. The van der Waals surface area contributed by atoms with Gasteiger partial charge >= 0.3 is 0 Å². The largest absolute Gasteiger partial charge is 0.344 e. The molecule has 1 heterocycles. The summed E-state index contributed by atoms with van der Waals surface area (Å²) in [5.74, 6) is 0.832. The minimum atomic E-state index is -0.327. The minimum Gasteiger partial charge on any atom is -0.344 e. The highest BCUT2D eigenvalue weighted by Gasteiger charge is 2.71. The van der Waals surface area contributed by atoms with E-state index in [2.05, 4.69) is 25.7 Å². The smallest absolute Gasteiger partial charge is 0.224 e. The third-order valence-corrected chi connectivity index (χ3v) is 6.51. The standard InChI is InChI=1S/C17H28N2O/c1-4-13-15(20)19-17(11(2)10-16(13,17)3)14(18)12-8-6-5-7-9-12/h12-14H,2,4-10,18H2,1,3H3,(H,19,20). The quantitative estimate of drug-likeness (QED) is 0.779. The van der Waals surface area contributed by atoms with Crippen LogP contribution in [-0.4, -0.2) is 17.5 Å². The molecule has 1 aliphatic heterocycles. The lowest BCUT2D eigenvalue weighted by molar-refractivity contribution is -0.123. The van der Waals surface area contributed by atoms with E-state index in [1.54, 1.807) is 0 Å². The first kappa shape index (κ1) is 14.1. The van der Waals surface area contributed by atoms with Gasteiger partial charge in [0, 0.05) is 17.4 Å². The summed E-state index contributed by atoms with van der Waals surface area (Å²) in [6, 6.07) is 0.0366. The summed E-state index contributed by atoms with van der Waals surface area (Å²) >= 11 is 0. The van der Waals surface area contributed by atoms with Crippen LogP contribution in [0.15, 0.2) is 12.2 Å². The van der Waals surface area contributed by atoms with Gasteiger partial charge in [0.2, 0.25) is 5.91 Å². The highest BCUT2D eigenvalue weighted by Crippen LogP contribution is 2.64. The molecule has 0 aromatic rings. The maximum Gasteiger partial charge on any atom is 0.224 e. The van der Waals surface area contributed by atoms with E-state index in [0.717, 1.165) is 18.4 Å². The van der Waals surface area contributed by atoms with Crippen LogP contribution in [0.3, 0.4) is 0 Å². The predicted octanol–water partition coefficient (Wildman–Crippen LogP) is 2.76. The van der Waals surface area contributed by atoms with Gasteiger partial charge in [-0.25, -0.2) is 0 Å². The van der Waals surface area contributed by atoms with Crippen molar-refractivity contribution in [2.75, 3.05) is 0 Å². The van der Waals surface area contributed by atoms with Gasteiger partial charge < -0.3 is 11.1 Å². The first-order valence-electron chi connectivity index (χ1n) is 8.23. The Kier molecular flexibility index (Phi) is 3.24. The molecule has 0 bridgehead atoms. The van der Waals surface area contributed by atoms with Gasteiger partial charge in [0.05, 0.1) is 5.54 Å². The topological polar surface area (TPSA) is 55.1 Å². The molecule has 0 spiro atoms. The van der Waals surface area contributed by atoms with Gasteiger partial charge in [0.15, 0.2) is 0 Å². The summed E-state index contributed by atoms with van der Waals surface area (Å²) < 4.78 is 0. The van der Waals surface area contributed by atoms with Crippen molar-refractivity contribution in [1.29, 1.82) is 0 Å². The lowest BCUT2D eigenvalue weighted by atomic mass is 9.46. The summed E-state index contributed by atoms with van der Waals surface area (Å²) in [4.78, 5) is 12.4. The van der Waals surface area contributed by atoms with Crippen LogP contribution in [0, 0.1) is 17.3 Å². The van der Waals surface area contributed by atoms with E-state index in [4.69, 9.17) is 5.73 Å². The van der Waals surface area contributed by atoms with Gasteiger partial charge in [-0.3, -0.25) is 4.79 Å². The van der Waals surface area contributed by atoms with Crippen molar-refractivity contribution in [3.63, 3.8) is 0 Å². The van der Waals surface area contributed by atoms with Gasteiger partial charge in [-0.1, -0.05) is 39.7 Å². The SMILES string of the molecule is C=C1CC2(C)C(CC)C(=O)NC12C(N)C1CCCCC1. The molecule has 3 nitrogen and oxygen atoms in total. The molecule has 0 radical (unpaired) electrons. The lowest BCUT2D eigenvalue weighted by Crippen LogP contribution is -2.72. The summed E-state index contributed by atoms with van der Waals surface area (Å²) in [5, 5.41) is 3.29. The zero-order valence-corrected chi connectivity index (χ0v) is 12.9. The van der Waals surface area contributed by atoms with Crippen LogP contribution < -0.4 is 11.1 Å². The Hall–Kier alpha value is -0.830. The van der Waals surface area contributed by atoms with Gasteiger partial charge in [-0.2, -0.15) is 0 Å². The second-order valence-electron chi connectivity index (χ2n) is 7.38. The van der Waals surface area contributed by atoms with Crippen LogP contribution in [-0.2, 0) is 4.79 Å². The van der Waals surface area contributed by atoms with Crippen molar-refractivity contribution in [3.8, 4) is 0 Å². The number of amides is 1. The Labute approximate surface area is 122 Å². The summed E-state index contributed by atoms with van der Waals surface area (Å²) in [6.45, 7) is 8.60. The molecule has 1 saturated heterocycles. The first-order valence-corrected chi connectivity index (χ1v) is 8.23. The number of fused-ring (bicyclic) bond motifs is 1. The highest BCUT2D eigenvalue weighted by molar-refractivity contribution is 5.86. The molecule has 112 valence electrons. The van der Waals surface area contributed by atoms with Crippen LogP contribution in [0.2, 0.25) is 0 Å². The van der Waals surface area contributed by atoms with E-state index in [1.807, 2.05) is 0 Å². The number of nitrogens with one attached hydrogen (secondary N) is 1. The number of hydrogen-bond acceptors (Lipinski definition) is 2. The molecule has 0 aromatic heterocycles. The monoisotopic (exact) mass is 276 g/mol. The van der Waals surface area contributed by atoms with Gasteiger partial charge in [0.25, 0.3) is 0 Å². The minimum absolute atomic E-state index is 0.0211. The normalized spacial score (nSPS) is 42.9. The molecule has 2 saturated carbocycles. The molecule has 4 atom stereocenters. The predicted molar refractivity (Wildman–Crippen MR) is 81.1 cm³/mol. The summed E-state index contributed by atoms with van der Waals surface area (Å²) in [7, 11) is 0. The molecular weight excluding hydrogens is 248 g/mol. The van der Waals surface area contributed by atoms with Gasteiger partial charge in [-0.05, 0) is 37.2 Å². The van der Waals surface area contributed by atoms with Crippen molar-refractivity contribution < 1.29 is 4.79 Å². The van der Waals surface area contributed by atoms with E-state index in [1.165, 1.54) is 32.1 Å². The molecule has 2 aliphatic carbocycles. The molecule has 3 heteroatoms. The van der Waals surface area contributed by atoms with E-state index >= 15 is 0 Å². The molecule has 20 heavy (non-hydrogen) atoms. The average molecular weight is 276 g/mol. The molecule has 3 N–H and O–H groups in total. The third kappa shape index (κ3) is 1.53. The fraction of sp³-hybridized carbons (Fsp3) is 0.824. The fourth-order valence-corrected chi connectivity index (χ4v) is 5.40. The lowest BCUT2D eigenvalue weighted by Gasteiger charge is -2.60. The van der Waals surface area contributed by atoms with Crippen molar-refractivity contribution >= 4 is 5.91 Å². The Bertz CT molecular complexity index is 440. The zero-order valence-electron chi connectivity index (χ0n) is 12.9. The van der Waals surface area contributed by atoms with Crippen LogP contribution in [0.1, 0.15) is 58.8 Å². The number of carbonyl (C=O) groups excluding carboxylic acids is 1. The third-order valence-electron chi connectivity index (χ3n) is 6.51. The molecule has 3 aliphatic rings. The van der Waals surface area contributed by atoms with E-state index in [9.17, 15) is 4.79 Å². The fourth-order valence-electron chi connectivity index (χ4n) is 5.40. The summed E-state index contributed by atoms with van der Waals surface area (Å²) in [6.07, 6.45) is 8.15. The van der Waals surface area contributed by atoms with Crippen molar-refractivity contribution in [3.05, 3.63) is 12.2 Å². The molecule has 4 unspecified atom stereocenters. The number of carbonyl (C=O) groups is 1. The van der Waals surface area contributed by atoms with Crippen molar-refractivity contribution in [2.45, 2.75) is 70.4 Å². The van der Waals surface area contributed by atoms with E-state index < -0.39 is 0 Å². The number of nitrogens with two attached hydrogens (primary N) is 1.